The van der Waals surface area contributed by atoms with Crippen molar-refractivity contribution in [2.24, 2.45) is 0 Å². The molecule has 0 aliphatic carbocycles. The predicted molar refractivity (Wildman–Crippen MR) is 110 cm³/mol. The monoisotopic (exact) mass is 417 g/mol. The normalized spacial score (nSPS) is 18.6. The van der Waals surface area contributed by atoms with Crippen molar-refractivity contribution in [2.75, 3.05) is 23.7 Å². The van der Waals surface area contributed by atoms with Crippen molar-refractivity contribution in [1.82, 2.24) is 9.29 Å². The van der Waals surface area contributed by atoms with Crippen LogP contribution in [0.2, 0.25) is 0 Å². The summed E-state index contributed by atoms with van der Waals surface area (Å²) in [6.07, 6.45) is 7.32. The summed E-state index contributed by atoms with van der Waals surface area (Å²) < 4.78 is 27.9. The molecule has 8 heteroatoms. The van der Waals surface area contributed by atoms with Crippen LogP contribution >= 0.6 is 11.8 Å². The Hall–Kier alpha value is -1.90. The van der Waals surface area contributed by atoms with Crippen LogP contribution in [0.5, 0.6) is 0 Å². The lowest BCUT2D eigenvalue weighted by Crippen LogP contribution is -2.35. The van der Waals surface area contributed by atoms with Gasteiger partial charge in [-0.15, -0.1) is 11.8 Å². The van der Waals surface area contributed by atoms with Gasteiger partial charge in [0.2, 0.25) is 15.9 Å². The van der Waals surface area contributed by atoms with Gasteiger partial charge in [0.25, 0.3) is 0 Å². The maximum absolute atomic E-state index is 13.2. The largest absolute Gasteiger partial charge is 0.306 e. The topological polar surface area (TPSA) is 70.6 Å². The maximum atomic E-state index is 13.2. The zero-order chi connectivity index (χ0) is 19.6. The Morgan fingerprint density at radius 1 is 1.00 bits per heavy atom. The highest BCUT2D eigenvalue weighted by molar-refractivity contribution is 8.00. The van der Waals surface area contributed by atoms with Crippen LogP contribution in [0.25, 0.3) is 0 Å². The second kappa shape index (κ2) is 8.23. The van der Waals surface area contributed by atoms with Gasteiger partial charge in [0.05, 0.1) is 22.9 Å². The number of hydrogen-bond acceptors (Lipinski definition) is 5. The first kappa shape index (κ1) is 19.4. The fraction of sp³-hybridized carbons (Fsp3) is 0.400. The number of nitrogens with zero attached hydrogens (tertiary/aromatic N) is 3. The minimum atomic E-state index is -3.56. The first-order chi connectivity index (χ1) is 13.6. The highest BCUT2D eigenvalue weighted by Gasteiger charge is 2.30. The van der Waals surface area contributed by atoms with E-state index in [1.54, 1.807) is 33.7 Å². The third kappa shape index (κ3) is 3.94. The number of anilines is 1. The van der Waals surface area contributed by atoms with Gasteiger partial charge in [0.1, 0.15) is 0 Å². The van der Waals surface area contributed by atoms with Crippen LogP contribution in [0.4, 0.5) is 5.69 Å². The molecule has 1 aromatic heterocycles. The quantitative estimate of drug-likeness (QED) is 0.763. The summed E-state index contributed by atoms with van der Waals surface area (Å²) in [6.45, 7) is 1.53. The van der Waals surface area contributed by atoms with E-state index in [0.29, 0.717) is 31.1 Å². The Balaban J connectivity index is 1.68. The van der Waals surface area contributed by atoms with Gasteiger partial charge in [0, 0.05) is 30.4 Å². The molecule has 6 nitrogen and oxygen atoms in total. The number of carbonyl (C=O) groups is 1. The molecule has 28 heavy (non-hydrogen) atoms. The van der Waals surface area contributed by atoms with Crippen LogP contribution < -0.4 is 4.90 Å². The number of fused-ring (bicyclic) bond motifs is 1. The van der Waals surface area contributed by atoms with Crippen LogP contribution in [0.3, 0.4) is 0 Å². The number of aromatic nitrogens is 1. The molecule has 0 radical (unpaired) electrons. The molecule has 0 bridgehead atoms. The van der Waals surface area contributed by atoms with Gasteiger partial charge in [-0.05, 0) is 48.7 Å². The number of carbonyl (C=O) groups excluding carboxylic acids is 1. The lowest BCUT2D eigenvalue weighted by atomic mass is 10.2. The van der Waals surface area contributed by atoms with Gasteiger partial charge in [-0.3, -0.25) is 9.78 Å². The van der Waals surface area contributed by atoms with Gasteiger partial charge in [0.15, 0.2) is 0 Å². The Labute approximate surface area is 170 Å². The average molecular weight is 418 g/mol. The van der Waals surface area contributed by atoms with Crippen LogP contribution in [-0.2, 0) is 21.4 Å². The molecule has 2 aromatic rings. The molecule has 3 heterocycles. The highest BCUT2D eigenvalue weighted by atomic mass is 32.2. The van der Waals surface area contributed by atoms with Crippen molar-refractivity contribution >= 4 is 33.4 Å². The number of sulfonamides is 1. The summed E-state index contributed by atoms with van der Waals surface area (Å²) >= 11 is 1.46. The van der Waals surface area contributed by atoms with Crippen LogP contribution in [0.1, 0.15) is 31.2 Å². The predicted octanol–water partition coefficient (Wildman–Crippen LogP) is 3.29. The molecule has 0 unspecified atom stereocenters. The Bertz CT molecular complexity index is 956. The second-order valence-electron chi connectivity index (χ2n) is 7.07. The molecule has 1 saturated heterocycles. The molecular formula is C20H23N3O3S2. The number of pyridine rings is 1. The number of rotatable bonds is 4. The summed E-state index contributed by atoms with van der Waals surface area (Å²) in [4.78, 5) is 19.5. The first-order valence-electron chi connectivity index (χ1n) is 9.52. The summed E-state index contributed by atoms with van der Waals surface area (Å²) in [7, 11) is -3.56. The van der Waals surface area contributed by atoms with Crippen molar-refractivity contribution in [3.63, 3.8) is 0 Å². The van der Waals surface area contributed by atoms with Gasteiger partial charge in [-0.2, -0.15) is 4.31 Å². The van der Waals surface area contributed by atoms with Crippen molar-refractivity contribution < 1.29 is 13.2 Å². The van der Waals surface area contributed by atoms with E-state index in [0.717, 1.165) is 36.1 Å². The highest BCUT2D eigenvalue weighted by Crippen LogP contribution is 2.38. The van der Waals surface area contributed by atoms with E-state index in [1.807, 2.05) is 18.2 Å². The summed E-state index contributed by atoms with van der Waals surface area (Å²) in [5.74, 6) is 0.342. The maximum Gasteiger partial charge on any atom is 0.243 e. The Morgan fingerprint density at radius 2 is 1.71 bits per heavy atom. The molecule has 0 saturated carbocycles. The summed E-state index contributed by atoms with van der Waals surface area (Å²) in [6, 6.07) is 8.91. The zero-order valence-corrected chi connectivity index (χ0v) is 17.2. The Morgan fingerprint density at radius 3 is 2.43 bits per heavy atom. The lowest BCUT2D eigenvalue weighted by molar-refractivity contribution is -0.116. The van der Waals surface area contributed by atoms with E-state index >= 15 is 0 Å². The summed E-state index contributed by atoms with van der Waals surface area (Å²) in [5, 5.41) is 0. The van der Waals surface area contributed by atoms with Crippen LogP contribution in [-0.4, -0.2) is 42.5 Å². The summed E-state index contributed by atoms with van der Waals surface area (Å²) in [5.41, 5.74) is 1.64. The molecule has 0 atom stereocenters. The standard InChI is InChI=1S/C20H23N3O3S2/c24-20-15-27-19-6-5-17(28(25,26)22-11-3-1-2-4-12-22)13-18(19)23(20)14-16-7-9-21-10-8-16/h5-10,13H,1-4,11-12,14-15H2. The van der Waals surface area contributed by atoms with Gasteiger partial charge >= 0.3 is 0 Å². The van der Waals surface area contributed by atoms with Gasteiger partial charge in [-0.25, -0.2) is 8.42 Å². The van der Waals surface area contributed by atoms with Gasteiger partial charge < -0.3 is 4.90 Å². The van der Waals surface area contributed by atoms with E-state index in [2.05, 4.69) is 4.98 Å². The minimum Gasteiger partial charge on any atom is -0.306 e. The SMILES string of the molecule is O=C1CSc2ccc(S(=O)(=O)N3CCCCCC3)cc2N1Cc1ccncc1. The van der Waals surface area contributed by atoms with Crippen molar-refractivity contribution in [2.45, 2.75) is 42.0 Å². The molecule has 1 amide bonds. The average Bonchev–Trinajstić information content (AvgIpc) is 3.01. The zero-order valence-electron chi connectivity index (χ0n) is 15.6. The van der Waals surface area contributed by atoms with E-state index in [9.17, 15) is 13.2 Å². The fourth-order valence-corrected chi connectivity index (χ4v) is 6.07. The van der Waals surface area contributed by atoms with E-state index in [-0.39, 0.29) is 10.8 Å². The molecule has 148 valence electrons. The second-order valence-corrected chi connectivity index (χ2v) is 10.0. The molecular weight excluding hydrogens is 394 g/mol. The smallest absolute Gasteiger partial charge is 0.243 e. The third-order valence-electron chi connectivity index (χ3n) is 5.17. The lowest BCUT2D eigenvalue weighted by Gasteiger charge is -2.30. The molecule has 2 aliphatic heterocycles. The van der Waals surface area contributed by atoms with Crippen molar-refractivity contribution in [1.29, 1.82) is 0 Å². The first-order valence-corrected chi connectivity index (χ1v) is 11.9. The molecule has 1 aromatic carbocycles. The molecule has 0 spiro atoms. The van der Waals surface area contributed by atoms with Crippen molar-refractivity contribution in [3.05, 3.63) is 48.3 Å². The minimum absolute atomic E-state index is 0.0152. The van der Waals surface area contributed by atoms with E-state index < -0.39 is 10.0 Å². The molecule has 1 fully saturated rings. The number of amides is 1. The third-order valence-corrected chi connectivity index (χ3v) is 8.11. The van der Waals surface area contributed by atoms with Crippen molar-refractivity contribution in [3.8, 4) is 0 Å². The number of benzene rings is 1. The molecule has 0 N–H and O–H groups in total. The van der Waals surface area contributed by atoms with E-state index in [1.165, 1.54) is 11.8 Å². The Kier molecular flexibility index (Phi) is 5.70. The van der Waals surface area contributed by atoms with Crippen LogP contribution in [0, 0.1) is 0 Å². The molecule has 2 aliphatic rings. The van der Waals surface area contributed by atoms with E-state index in [4.69, 9.17) is 0 Å². The fourth-order valence-electron chi connectivity index (χ4n) is 3.62. The number of hydrogen-bond donors (Lipinski definition) is 0. The molecule has 4 rings (SSSR count). The van der Waals surface area contributed by atoms with Crippen LogP contribution in [0.15, 0.2) is 52.5 Å². The van der Waals surface area contributed by atoms with Gasteiger partial charge in [-0.1, -0.05) is 12.8 Å². The number of thioether (sulfide) groups is 1.